The van der Waals surface area contributed by atoms with Gasteiger partial charge in [-0.2, -0.15) is 4.98 Å². The van der Waals surface area contributed by atoms with Crippen LogP contribution in [0.2, 0.25) is 0 Å². The Bertz CT molecular complexity index is 302. The molecule has 4 N–H and O–H groups in total. The zero-order valence-corrected chi connectivity index (χ0v) is 8.21. The summed E-state index contributed by atoms with van der Waals surface area (Å²) >= 11 is 0. The molecular formula is C8H14FN5. The standard InChI is InChI=1S/C8H14FN5/c1-5(2)3-11-7-6(9)4-12-8(13-7)14-10/h4-5H,3,10H2,1-2H3,(H2,11,12,13,14). The molecule has 78 valence electrons. The molecule has 1 rings (SSSR count). The van der Waals surface area contributed by atoms with Crippen LogP contribution in [-0.2, 0) is 0 Å². The van der Waals surface area contributed by atoms with Crippen LogP contribution < -0.4 is 16.6 Å². The largest absolute Gasteiger partial charge is 0.367 e. The van der Waals surface area contributed by atoms with Gasteiger partial charge in [-0.25, -0.2) is 15.2 Å². The van der Waals surface area contributed by atoms with Gasteiger partial charge >= 0.3 is 0 Å². The normalized spacial score (nSPS) is 10.4. The summed E-state index contributed by atoms with van der Waals surface area (Å²) in [5.74, 6) is 5.39. The molecule has 0 saturated heterocycles. The monoisotopic (exact) mass is 199 g/mol. The molecule has 1 heterocycles. The molecule has 0 amide bonds. The van der Waals surface area contributed by atoms with Crippen molar-refractivity contribution in [3.63, 3.8) is 0 Å². The number of hydrogen-bond donors (Lipinski definition) is 3. The van der Waals surface area contributed by atoms with Crippen molar-refractivity contribution in [1.29, 1.82) is 0 Å². The van der Waals surface area contributed by atoms with Crippen LogP contribution in [0.4, 0.5) is 16.2 Å². The predicted molar refractivity (Wildman–Crippen MR) is 53.1 cm³/mol. The second kappa shape index (κ2) is 4.71. The predicted octanol–water partition coefficient (Wildman–Crippen LogP) is 0.969. The van der Waals surface area contributed by atoms with Crippen molar-refractivity contribution in [2.24, 2.45) is 11.8 Å². The summed E-state index contributed by atoms with van der Waals surface area (Å²) in [4.78, 5) is 7.45. The Morgan fingerprint density at radius 3 is 2.86 bits per heavy atom. The van der Waals surface area contributed by atoms with E-state index in [1.807, 2.05) is 13.8 Å². The van der Waals surface area contributed by atoms with Gasteiger partial charge in [-0.15, -0.1) is 0 Å². The molecule has 0 aliphatic heterocycles. The average molecular weight is 199 g/mol. The van der Waals surface area contributed by atoms with Gasteiger partial charge in [0.2, 0.25) is 5.95 Å². The van der Waals surface area contributed by atoms with E-state index >= 15 is 0 Å². The fraction of sp³-hybridized carbons (Fsp3) is 0.500. The maximum absolute atomic E-state index is 13.1. The van der Waals surface area contributed by atoms with Gasteiger partial charge in [0.05, 0.1) is 6.20 Å². The molecule has 5 nitrogen and oxygen atoms in total. The maximum Gasteiger partial charge on any atom is 0.239 e. The minimum absolute atomic E-state index is 0.168. The molecule has 1 aromatic heterocycles. The molecule has 0 aromatic carbocycles. The van der Waals surface area contributed by atoms with Crippen LogP contribution in [0, 0.1) is 11.7 Å². The highest BCUT2D eigenvalue weighted by Crippen LogP contribution is 2.11. The van der Waals surface area contributed by atoms with E-state index in [1.165, 1.54) is 0 Å². The zero-order valence-electron chi connectivity index (χ0n) is 8.21. The van der Waals surface area contributed by atoms with Crippen molar-refractivity contribution >= 4 is 11.8 Å². The fourth-order valence-electron chi connectivity index (χ4n) is 0.861. The molecule has 0 aliphatic rings. The topological polar surface area (TPSA) is 75.9 Å². The molecule has 0 aliphatic carbocycles. The maximum atomic E-state index is 13.1. The van der Waals surface area contributed by atoms with E-state index in [0.29, 0.717) is 12.5 Å². The van der Waals surface area contributed by atoms with Crippen molar-refractivity contribution in [2.45, 2.75) is 13.8 Å². The van der Waals surface area contributed by atoms with Gasteiger partial charge in [0, 0.05) is 6.54 Å². The van der Waals surface area contributed by atoms with Crippen molar-refractivity contribution in [1.82, 2.24) is 9.97 Å². The van der Waals surface area contributed by atoms with E-state index in [1.54, 1.807) is 0 Å². The Hall–Kier alpha value is -1.43. The fourth-order valence-corrected chi connectivity index (χ4v) is 0.861. The molecule has 0 unspecified atom stereocenters. The molecule has 0 bridgehead atoms. The number of halogens is 1. The summed E-state index contributed by atoms with van der Waals surface area (Å²) in [5.41, 5.74) is 2.25. The first kappa shape index (κ1) is 10.6. The van der Waals surface area contributed by atoms with Crippen LogP contribution in [-0.4, -0.2) is 16.5 Å². The van der Waals surface area contributed by atoms with E-state index in [-0.39, 0.29) is 11.8 Å². The van der Waals surface area contributed by atoms with Crippen molar-refractivity contribution in [3.8, 4) is 0 Å². The summed E-state index contributed by atoms with van der Waals surface area (Å²) in [7, 11) is 0. The van der Waals surface area contributed by atoms with Crippen LogP contribution in [0.3, 0.4) is 0 Å². The van der Waals surface area contributed by atoms with Gasteiger partial charge in [0.1, 0.15) is 0 Å². The number of aromatic nitrogens is 2. The number of nitrogens with zero attached hydrogens (tertiary/aromatic N) is 2. The summed E-state index contributed by atoms with van der Waals surface area (Å²) in [6, 6.07) is 0. The van der Waals surface area contributed by atoms with E-state index in [2.05, 4.69) is 20.7 Å². The summed E-state index contributed by atoms with van der Waals surface area (Å²) in [6.07, 6.45) is 1.07. The number of nitrogen functional groups attached to an aromatic ring is 1. The number of hydrogen-bond acceptors (Lipinski definition) is 5. The molecule has 6 heteroatoms. The molecule has 0 saturated carbocycles. The van der Waals surface area contributed by atoms with Gasteiger partial charge in [0.15, 0.2) is 11.6 Å². The first-order chi connectivity index (χ1) is 6.63. The lowest BCUT2D eigenvalue weighted by molar-refractivity contribution is 0.611. The zero-order chi connectivity index (χ0) is 10.6. The highest BCUT2D eigenvalue weighted by Gasteiger charge is 2.05. The third-order valence-electron chi connectivity index (χ3n) is 1.55. The summed E-state index contributed by atoms with van der Waals surface area (Å²) in [5, 5.41) is 2.87. The van der Waals surface area contributed by atoms with E-state index in [9.17, 15) is 4.39 Å². The van der Waals surface area contributed by atoms with E-state index < -0.39 is 5.82 Å². The summed E-state index contributed by atoms with van der Waals surface area (Å²) in [6.45, 7) is 4.69. The highest BCUT2D eigenvalue weighted by atomic mass is 19.1. The van der Waals surface area contributed by atoms with Gasteiger partial charge in [-0.1, -0.05) is 13.8 Å². The van der Waals surface area contributed by atoms with Crippen LogP contribution >= 0.6 is 0 Å². The smallest absolute Gasteiger partial charge is 0.239 e. The third-order valence-corrected chi connectivity index (χ3v) is 1.55. The Morgan fingerprint density at radius 2 is 2.29 bits per heavy atom. The first-order valence-electron chi connectivity index (χ1n) is 4.36. The molecule has 0 radical (unpaired) electrons. The first-order valence-corrected chi connectivity index (χ1v) is 4.36. The number of anilines is 2. The quantitative estimate of drug-likeness (QED) is 0.497. The van der Waals surface area contributed by atoms with Crippen molar-refractivity contribution < 1.29 is 4.39 Å². The number of rotatable bonds is 4. The van der Waals surface area contributed by atoms with Crippen LogP contribution in [0.25, 0.3) is 0 Å². The average Bonchev–Trinajstić information content (AvgIpc) is 2.16. The number of hydrazine groups is 1. The van der Waals surface area contributed by atoms with Crippen molar-refractivity contribution in [2.75, 3.05) is 17.3 Å². The number of nitrogens with two attached hydrogens (primary N) is 1. The molecule has 14 heavy (non-hydrogen) atoms. The Morgan fingerprint density at radius 1 is 1.57 bits per heavy atom. The van der Waals surface area contributed by atoms with Crippen LogP contribution in [0.5, 0.6) is 0 Å². The minimum Gasteiger partial charge on any atom is -0.367 e. The Balaban J connectivity index is 2.73. The molecule has 0 spiro atoms. The third kappa shape index (κ3) is 2.81. The van der Waals surface area contributed by atoms with Gasteiger partial charge in [-0.05, 0) is 5.92 Å². The van der Waals surface area contributed by atoms with Crippen LogP contribution in [0.15, 0.2) is 6.20 Å². The van der Waals surface area contributed by atoms with Crippen LogP contribution in [0.1, 0.15) is 13.8 Å². The lowest BCUT2D eigenvalue weighted by Crippen LogP contribution is -2.15. The van der Waals surface area contributed by atoms with E-state index in [4.69, 9.17) is 5.84 Å². The number of nitrogens with one attached hydrogen (secondary N) is 2. The van der Waals surface area contributed by atoms with Crippen molar-refractivity contribution in [3.05, 3.63) is 12.0 Å². The van der Waals surface area contributed by atoms with E-state index in [0.717, 1.165) is 6.20 Å². The lowest BCUT2D eigenvalue weighted by atomic mass is 10.2. The Kier molecular flexibility index (Phi) is 3.58. The lowest BCUT2D eigenvalue weighted by Gasteiger charge is -2.09. The highest BCUT2D eigenvalue weighted by molar-refractivity contribution is 5.40. The molecule has 0 atom stereocenters. The van der Waals surface area contributed by atoms with Gasteiger partial charge in [-0.3, -0.25) is 5.43 Å². The SMILES string of the molecule is CC(C)CNc1nc(NN)ncc1F. The second-order valence-corrected chi connectivity index (χ2v) is 3.31. The second-order valence-electron chi connectivity index (χ2n) is 3.31. The Labute approximate surface area is 81.9 Å². The summed E-state index contributed by atoms with van der Waals surface area (Å²) < 4.78 is 13.1. The molecule has 0 fully saturated rings. The minimum atomic E-state index is -0.482. The van der Waals surface area contributed by atoms with Gasteiger partial charge < -0.3 is 5.32 Å². The molecule has 1 aromatic rings. The molecular weight excluding hydrogens is 185 g/mol. The van der Waals surface area contributed by atoms with Gasteiger partial charge in [0.25, 0.3) is 0 Å².